The fraction of sp³-hybridized carbons (Fsp3) is 0.222. The number of pyridine rings is 1. The van der Waals surface area contributed by atoms with Crippen LogP contribution in [0, 0.1) is 20.4 Å². The van der Waals surface area contributed by atoms with Crippen LogP contribution in [0.2, 0.25) is 0 Å². The molecule has 39 heavy (non-hydrogen) atoms. The van der Waals surface area contributed by atoms with Gasteiger partial charge in [-0.15, -0.1) is 34.8 Å². The molecule has 0 aliphatic heterocycles. The Balaban J connectivity index is 0.00000210. The molecule has 2 nitrogen and oxygen atoms in total. The number of hydrogen-bond acceptors (Lipinski definition) is 1. The van der Waals surface area contributed by atoms with E-state index in [1.165, 1.54) is 27.6 Å². The summed E-state index contributed by atoms with van der Waals surface area (Å²) >= 11 is 0. The Morgan fingerprint density at radius 1 is 0.821 bits per heavy atom. The van der Waals surface area contributed by atoms with Gasteiger partial charge >= 0.3 is 0 Å². The van der Waals surface area contributed by atoms with Crippen molar-refractivity contribution >= 4 is 16.5 Å². The Kier molecular flexibility index (Phi) is 10.8. The maximum absolute atomic E-state index is 5.52. The molecule has 5 rings (SSSR count). The van der Waals surface area contributed by atoms with Crippen LogP contribution in [0.25, 0.3) is 27.3 Å². The number of benzene rings is 4. The molecule has 1 atom stereocenters. The number of rotatable bonds is 8. The third-order valence-electron chi connectivity index (χ3n) is 7.06. The summed E-state index contributed by atoms with van der Waals surface area (Å²) < 4.78 is 0. The number of para-hydroxylation sites is 1. The Hall–Kier alpha value is -3.04. The largest absolute Gasteiger partial charge is 0.673 e. The van der Waals surface area contributed by atoms with Crippen LogP contribution in [-0.4, -0.2) is 4.98 Å². The van der Waals surface area contributed by atoms with E-state index in [0.29, 0.717) is 5.92 Å². The molecule has 0 bridgehead atoms. The average Bonchev–Trinajstić information content (AvgIpc) is 2.92. The molecule has 1 aromatic heterocycles. The van der Waals surface area contributed by atoms with Gasteiger partial charge in [0, 0.05) is 31.5 Å². The van der Waals surface area contributed by atoms with Crippen LogP contribution in [0.1, 0.15) is 67.1 Å². The third-order valence-corrected chi connectivity index (χ3v) is 7.06. The van der Waals surface area contributed by atoms with Gasteiger partial charge in [-0.25, -0.2) is 0 Å². The van der Waals surface area contributed by atoms with Crippen molar-refractivity contribution in [3.63, 3.8) is 0 Å². The molecule has 0 aliphatic carbocycles. The summed E-state index contributed by atoms with van der Waals surface area (Å²) in [4.78, 5) is 5.23. The molecule has 5 aromatic rings. The molecule has 0 radical (unpaired) electrons. The maximum atomic E-state index is 5.52. The van der Waals surface area contributed by atoms with Crippen LogP contribution >= 0.6 is 0 Å². The molecule has 1 unspecified atom stereocenters. The van der Waals surface area contributed by atoms with Crippen molar-refractivity contribution in [1.82, 2.24) is 4.98 Å². The van der Waals surface area contributed by atoms with Gasteiger partial charge in [-0.05, 0) is 42.6 Å². The molecular weight excluding hydrogens is 639 g/mol. The Labute approximate surface area is 253 Å². The van der Waals surface area contributed by atoms with E-state index in [4.69, 9.17) is 10.3 Å². The molecule has 0 saturated heterocycles. The number of aromatic nitrogens is 1. The maximum Gasteiger partial charge on any atom is 0.0195 e. The van der Waals surface area contributed by atoms with E-state index < -0.39 is 0 Å². The second-order valence-corrected chi connectivity index (χ2v) is 10.0. The van der Waals surface area contributed by atoms with Crippen molar-refractivity contribution in [1.29, 1.82) is 0 Å². The summed E-state index contributed by atoms with van der Waals surface area (Å²) in [5.74, 6) is 0.387. The van der Waals surface area contributed by atoms with E-state index in [1.807, 2.05) is 6.07 Å². The average molecular weight is 676 g/mol. The zero-order chi connectivity index (χ0) is 25.8. The van der Waals surface area contributed by atoms with Crippen LogP contribution in [0.15, 0.2) is 97.1 Å². The van der Waals surface area contributed by atoms with E-state index in [0.717, 1.165) is 40.9 Å². The summed E-state index contributed by atoms with van der Waals surface area (Å²) in [5.41, 5.74) is 9.04. The monoisotopic (exact) mass is 677 g/mol. The second kappa shape index (κ2) is 13.8. The Morgan fingerprint density at radius 3 is 2.31 bits per heavy atom. The topological polar surface area (TPSA) is 27.0 Å². The standard InChI is InChI=1S/C35H34N2.CH3.Hf/c1-5-13-27-17-11-20-28(24(2)3)34(27)37-35(29-18-8-6-14-25(29)4)33-23-12-22-32(36-33)31-21-10-16-26-15-7-9-19-30(26)31;;/h6-12,14-20,22-24,35H,5,13H2,1-4H3;1H3;/q-2;-1;. The van der Waals surface area contributed by atoms with Gasteiger partial charge in [0.15, 0.2) is 0 Å². The van der Waals surface area contributed by atoms with Crippen LogP contribution < -0.4 is 0 Å². The SMILES string of the molecule is CCCc1cccc(C(C)C)c1[N-]C(c1cccc(-c2[c-]ccc3ccccc23)n1)c1ccccc1C.[CH3-].[Hf]. The molecule has 0 aliphatic rings. The predicted octanol–water partition coefficient (Wildman–Crippen LogP) is 10.3. The first kappa shape index (κ1) is 30.5. The van der Waals surface area contributed by atoms with Gasteiger partial charge in [0.1, 0.15) is 0 Å². The molecule has 1 heterocycles. The van der Waals surface area contributed by atoms with Gasteiger partial charge in [0.25, 0.3) is 0 Å². The molecule has 0 N–H and O–H groups in total. The van der Waals surface area contributed by atoms with Gasteiger partial charge in [-0.3, -0.25) is 0 Å². The van der Waals surface area contributed by atoms with E-state index in [9.17, 15) is 0 Å². The van der Waals surface area contributed by atoms with E-state index >= 15 is 0 Å². The third kappa shape index (κ3) is 6.58. The van der Waals surface area contributed by atoms with Crippen LogP contribution in [0.5, 0.6) is 0 Å². The number of fused-ring (bicyclic) bond motifs is 1. The molecule has 0 amide bonds. The van der Waals surface area contributed by atoms with Crippen molar-refractivity contribution in [2.45, 2.75) is 52.5 Å². The smallest absolute Gasteiger partial charge is 0.0195 e. The minimum atomic E-state index is -0.202. The van der Waals surface area contributed by atoms with E-state index in [-0.39, 0.29) is 39.3 Å². The quantitative estimate of drug-likeness (QED) is 0.119. The summed E-state index contributed by atoms with van der Waals surface area (Å²) in [7, 11) is 0. The first-order chi connectivity index (χ1) is 18.1. The van der Waals surface area contributed by atoms with Crippen LogP contribution in [0.4, 0.5) is 5.69 Å². The van der Waals surface area contributed by atoms with Crippen molar-refractivity contribution in [2.24, 2.45) is 0 Å². The van der Waals surface area contributed by atoms with Crippen LogP contribution in [0.3, 0.4) is 0 Å². The Morgan fingerprint density at radius 2 is 1.54 bits per heavy atom. The van der Waals surface area contributed by atoms with Crippen molar-refractivity contribution in [2.75, 3.05) is 0 Å². The molecular formula is C36H37HfN2-3. The van der Waals surface area contributed by atoms with Gasteiger partial charge in [-0.2, -0.15) is 0 Å². The molecule has 0 spiro atoms. The Bertz CT molecular complexity index is 1520. The van der Waals surface area contributed by atoms with Gasteiger partial charge in [0.05, 0.1) is 0 Å². The van der Waals surface area contributed by atoms with Crippen LogP contribution in [-0.2, 0) is 32.3 Å². The fourth-order valence-electron chi connectivity index (χ4n) is 5.14. The van der Waals surface area contributed by atoms with Crippen molar-refractivity contribution in [3.05, 3.63) is 144 Å². The zero-order valence-electron chi connectivity index (χ0n) is 23.7. The van der Waals surface area contributed by atoms with E-state index in [2.05, 4.69) is 125 Å². The first-order valence-electron chi connectivity index (χ1n) is 13.3. The van der Waals surface area contributed by atoms with Gasteiger partial charge < -0.3 is 17.7 Å². The molecule has 198 valence electrons. The fourth-order valence-corrected chi connectivity index (χ4v) is 5.14. The summed E-state index contributed by atoms with van der Waals surface area (Å²) in [5, 5.41) is 7.88. The molecule has 4 aromatic carbocycles. The number of nitrogens with zero attached hydrogens (tertiary/aromatic N) is 2. The molecule has 0 saturated carbocycles. The predicted molar refractivity (Wildman–Crippen MR) is 163 cm³/mol. The van der Waals surface area contributed by atoms with Gasteiger partial charge in [0.2, 0.25) is 0 Å². The first-order valence-corrected chi connectivity index (χ1v) is 13.3. The summed E-state index contributed by atoms with van der Waals surface area (Å²) in [6, 6.07) is 37.3. The summed E-state index contributed by atoms with van der Waals surface area (Å²) in [6.07, 6.45) is 2.10. The van der Waals surface area contributed by atoms with Gasteiger partial charge in [-0.1, -0.05) is 128 Å². The minimum Gasteiger partial charge on any atom is -0.673 e. The van der Waals surface area contributed by atoms with Crippen molar-refractivity contribution in [3.8, 4) is 11.3 Å². The van der Waals surface area contributed by atoms with E-state index in [1.54, 1.807) is 0 Å². The number of hydrogen-bond donors (Lipinski definition) is 0. The normalized spacial score (nSPS) is 11.5. The second-order valence-electron chi connectivity index (χ2n) is 10.0. The molecule has 0 fully saturated rings. The summed E-state index contributed by atoms with van der Waals surface area (Å²) in [6.45, 7) is 8.90. The van der Waals surface area contributed by atoms with Crippen molar-refractivity contribution < 1.29 is 25.8 Å². The zero-order valence-corrected chi connectivity index (χ0v) is 27.3. The minimum absolute atomic E-state index is 0. The number of aryl methyl sites for hydroxylation is 2. The molecule has 3 heteroatoms.